The van der Waals surface area contributed by atoms with Crippen LogP contribution in [0.4, 0.5) is 0 Å². The highest BCUT2D eigenvalue weighted by atomic mass is 79.9. The molecule has 0 heterocycles. The number of benzene rings is 1. The Morgan fingerprint density at radius 1 is 1.35 bits per heavy atom. The third kappa shape index (κ3) is 2.66. The molecule has 1 aromatic carbocycles. The minimum atomic E-state index is -0.957. The molecule has 0 saturated heterocycles. The second-order valence-corrected chi connectivity index (χ2v) is 4.39. The summed E-state index contributed by atoms with van der Waals surface area (Å²) < 4.78 is 5.04. The molecule has 0 aliphatic heterocycles. The van der Waals surface area contributed by atoms with Crippen molar-refractivity contribution >= 4 is 27.7 Å². The average molecular weight is 301 g/mol. The Morgan fingerprint density at radius 3 is 2.47 bits per heavy atom. The van der Waals surface area contributed by atoms with Crippen LogP contribution in [0.15, 0.2) is 10.5 Å². The van der Waals surface area contributed by atoms with E-state index in [0.717, 1.165) is 5.56 Å². The molecule has 0 radical (unpaired) electrons. The predicted octanol–water partition coefficient (Wildman–Crippen LogP) is 2.52. The van der Waals surface area contributed by atoms with Gasteiger partial charge in [-0.15, -0.1) is 0 Å². The van der Waals surface area contributed by atoms with Gasteiger partial charge in [0.2, 0.25) is 0 Å². The largest absolute Gasteiger partial charge is 0.506 e. The van der Waals surface area contributed by atoms with Crippen LogP contribution < -0.4 is 0 Å². The maximum atomic E-state index is 11.8. The van der Waals surface area contributed by atoms with Gasteiger partial charge in [0.05, 0.1) is 16.6 Å². The van der Waals surface area contributed by atoms with Gasteiger partial charge in [0.1, 0.15) is 5.75 Å². The van der Waals surface area contributed by atoms with Crippen LogP contribution in [-0.2, 0) is 9.53 Å². The van der Waals surface area contributed by atoms with Crippen LogP contribution in [0, 0.1) is 13.8 Å². The van der Waals surface area contributed by atoms with Gasteiger partial charge in [-0.2, -0.15) is 0 Å². The van der Waals surface area contributed by atoms with Crippen LogP contribution in [0.5, 0.6) is 5.75 Å². The lowest BCUT2D eigenvalue weighted by molar-refractivity contribution is -0.137. The van der Waals surface area contributed by atoms with E-state index < -0.39 is 11.8 Å². The summed E-state index contributed by atoms with van der Waals surface area (Å²) in [6.07, 6.45) is 0. The number of aromatic hydroxyl groups is 1. The first-order valence-corrected chi connectivity index (χ1v) is 5.89. The monoisotopic (exact) mass is 300 g/mol. The van der Waals surface area contributed by atoms with Gasteiger partial charge in [-0.3, -0.25) is 4.79 Å². The van der Waals surface area contributed by atoms with Crippen molar-refractivity contribution in [3.05, 3.63) is 27.2 Å². The Hall–Kier alpha value is -1.36. The number of aryl methyl sites for hydroxylation is 2. The zero-order valence-electron chi connectivity index (χ0n) is 9.83. The summed E-state index contributed by atoms with van der Waals surface area (Å²) in [6.45, 7) is 5.18. The van der Waals surface area contributed by atoms with E-state index in [-0.39, 0.29) is 17.9 Å². The van der Waals surface area contributed by atoms with E-state index in [0.29, 0.717) is 10.0 Å². The normalized spacial score (nSPS) is 10.1. The fourth-order valence-corrected chi connectivity index (χ4v) is 1.84. The van der Waals surface area contributed by atoms with E-state index in [9.17, 15) is 14.7 Å². The molecule has 0 aliphatic rings. The van der Waals surface area contributed by atoms with Crippen LogP contribution in [0.2, 0.25) is 0 Å². The number of carbonyl (C=O) groups excluding carboxylic acids is 2. The second-order valence-electron chi connectivity index (χ2n) is 3.60. The van der Waals surface area contributed by atoms with Gasteiger partial charge in [-0.1, -0.05) is 6.07 Å². The maximum absolute atomic E-state index is 11.8. The SMILES string of the molecule is CCOC(=O)C(=O)c1c(C)cc(C)c(Br)c1O. The first-order chi connectivity index (χ1) is 7.90. The van der Waals surface area contributed by atoms with Gasteiger partial charge >= 0.3 is 5.97 Å². The molecule has 0 amide bonds. The number of ether oxygens (including phenoxy) is 1. The number of esters is 1. The summed E-state index contributed by atoms with van der Waals surface area (Å²) in [5.74, 6) is -2.01. The highest BCUT2D eigenvalue weighted by Crippen LogP contribution is 2.33. The van der Waals surface area contributed by atoms with Gasteiger partial charge in [0.15, 0.2) is 0 Å². The standard InChI is InChI=1S/C12H13BrO4/c1-4-17-12(16)11(15)8-6(2)5-7(3)9(13)10(8)14/h5,14H,4H2,1-3H3. The topological polar surface area (TPSA) is 63.6 Å². The van der Waals surface area contributed by atoms with E-state index in [1.165, 1.54) is 0 Å². The summed E-state index contributed by atoms with van der Waals surface area (Å²) >= 11 is 3.17. The first kappa shape index (κ1) is 13.7. The van der Waals surface area contributed by atoms with Crippen molar-refractivity contribution in [3.8, 4) is 5.75 Å². The molecule has 92 valence electrons. The van der Waals surface area contributed by atoms with Crippen molar-refractivity contribution in [2.75, 3.05) is 6.61 Å². The molecular formula is C12H13BrO4. The van der Waals surface area contributed by atoms with E-state index in [1.54, 1.807) is 26.8 Å². The fraction of sp³-hybridized carbons (Fsp3) is 0.333. The Balaban J connectivity index is 3.28. The molecule has 0 aromatic heterocycles. The smallest absolute Gasteiger partial charge is 0.379 e. The van der Waals surface area contributed by atoms with E-state index in [1.807, 2.05) is 0 Å². The van der Waals surface area contributed by atoms with Crippen molar-refractivity contribution < 1.29 is 19.4 Å². The molecule has 0 atom stereocenters. The van der Waals surface area contributed by atoms with Gasteiger partial charge in [-0.25, -0.2) is 4.79 Å². The third-order valence-corrected chi connectivity index (χ3v) is 3.31. The molecule has 4 nitrogen and oxygen atoms in total. The molecule has 1 rings (SSSR count). The van der Waals surface area contributed by atoms with Crippen LogP contribution in [-0.4, -0.2) is 23.5 Å². The van der Waals surface area contributed by atoms with E-state index >= 15 is 0 Å². The summed E-state index contributed by atoms with van der Waals surface area (Å²) in [7, 11) is 0. The van der Waals surface area contributed by atoms with Gasteiger partial charge < -0.3 is 9.84 Å². The second kappa shape index (κ2) is 5.31. The lowest BCUT2D eigenvalue weighted by Crippen LogP contribution is -2.19. The zero-order valence-corrected chi connectivity index (χ0v) is 11.4. The molecular weight excluding hydrogens is 288 g/mol. The fourth-order valence-electron chi connectivity index (χ4n) is 1.53. The molecule has 17 heavy (non-hydrogen) atoms. The summed E-state index contributed by atoms with van der Waals surface area (Å²) in [6, 6.07) is 1.72. The molecule has 0 aliphatic carbocycles. The quantitative estimate of drug-likeness (QED) is 0.529. The van der Waals surface area contributed by atoms with Crippen LogP contribution >= 0.6 is 15.9 Å². The van der Waals surface area contributed by atoms with Gasteiger partial charge in [-0.05, 0) is 47.8 Å². The molecule has 1 aromatic rings. The number of Topliss-reactive ketones (excluding diaryl/α,β-unsaturated/α-hetero) is 1. The molecule has 5 heteroatoms. The highest BCUT2D eigenvalue weighted by molar-refractivity contribution is 9.10. The molecule has 0 fully saturated rings. The average Bonchev–Trinajstić information content (AvgIpc) is 2.26. The van der Waals surface area contributed by atoms with Gasteiger partial charge in [0, 0.05) is 0 Å². The minimum Gasteiger partial charge on any atom is -0.506 e. The molecule has 0 saturated carbocycles. The Labute approximate surface area is 108 Å². The summed E-state index contributed by atoms with van der Waals surface area (Å²) in [5.41, 5.74) is 1.32. The number of halogens is 1. The lowest BCUT2D eigenvalue weighted by atomic mass is 10.0. The number of hydrogen-bond acceptors (Lipinski definition) is 4. The van der Waals surface area contributed by atoms with Crippen LogP contribution in [0.1, 0.15) is 28.4 Å². The highest BCUT2D eigenvalue weighted by Gasteiger charge is 2.25. The van der Waals surface area contributed by atoms with Gasteiger partial charge in [0.25, 0.3) is 5.78 Å². The van der Waals surface area contributed by atoms with Crippen molar-refractivity contribution in [2.45, 2.75) is 20.8 Å². The number of carbonyl (C=O) groups is 2. The molecule has 0 bridgehead atoms. The van der Waals surface area contributed by atoms with Crippen molar-refractivity contribution in [3.63, 3.8) is 0 Å². The van der Waals surface area contributed by atoms with Crippen molar-refractivity contribution in [1.29, 1.82) is 0 Å². The summed E-state index contributed by atoms with van der Waals surface area (Å²) in [4.78, 5) is 23.1. The van der Waals surface area contributed by atoms with Crippen molar-refractivity contribution in [2.24, 2.45) is 0 Å². The molecule has 0 unspecified atom stereocenters. The zero-order chi connectivity index (χ0) is 13.2. The third-order valence-electron chi connectivity index (χ3n) is 2.31. The van der Waals surface area contributed by atoms with E-state index in [4.69, 9.17) is 0 Å². The Morgan fingerprint density at radius 2 is 1.94 bits per heavy atom. The first-order valence-electron chi connectivity index (χ1n) is 5.10. The van der Waals surface area contributed by atoms with Crippen molar-refractivity contribution in [1.82, 2.24) is 0 Å². The number of ketones is 1. The number of phenolic OH excluding ortho intramolecular Hbond substituents is 1. The van der Waals surface area contributed by atoms with Crippen LogP contribution in [0.25, 0.3) is 0 Å². The number of hydrogen-bond donors (Lipinski definition) is 1. The summed E-state index contributed by atoms with van der Waals surface area (Å²) in [5, 5.41) is 9.87. The molecule has 1 N–H and O–H groups in total. The van der Waals surface area contributed by atoms with Crippen LogP contribution in [0.3, 0.4) is 0 Å². The molecule has 0 spiro atoms. The Bertz CT molecular complexity index is 480. The predicted molar refractivity (Wildman–Crippen MR) is 66.2 cm³/mol. The Kier molecular flexibility index (Phi) is 4.28. The maximum Gasteiger partial charge on any atom is 0.379 e. The number of phenols is 1. The minimum absolute atomic E-state index is 0.0130. The van der Waals surface area contributed by atoms with E-state index in [2.05, 4.69) is 20.7 Å². The number of rotatable bonds is 3. The lowest BCUT2D eigenvalue weighted by Gasteiger charge is -2.10.